The molecule has 0 spiro atoms. The fraction of sp³-hybridized carbons (Fsp3) is 0.588. The van der Waals surface area contributed by atoms with Crippen molar-refractivity contribution < 1.29 is 9.53 Å². The number of rotatable bonds is 5. The maximum atomic E-state index is 12.7. The van der Waals surface area contributed by atoms with Crippen LogP contribution in [0.4, 0.5) is 0 Å². The highest BCUT2D eigenvalue weighted by Crippen LogP contribution is 2.36. The van der Waals surface area contributed by atoms with Gasteiger partial charge in [-0.15, -0.1) is 0 Å². The van der Waals surface area contributed by atoms with Crippen LogP contribution < -0.4 is 10.1 Å². The first-order valence-electron chi connectivity index (χ1n) is 7.80. The fourth-order valence-corrected chi connectivity index (χ4v) is 2.98. The highest BCUT2D eigenvalue weighted by atomic mass is 16.5. The minimum atomic E-state index is -0.0834. The Hall–Kier alpha value is -1.55. The Morgan fingerprint density at radius 1 is 1.38 bits per heavy atom. The largest absolute Gasteiger partial charge is 0.497 e. The summed E-state index contributed by atoms with van der Waals surface area (Å²) in [6.07, 6.45) is 2.47. The number of carbonyl (C=O) groups is 1. The zero-order chi connectivity index (χ0) is 15.0. The fourth-order valence-electron chi connectivity index (χ4n) is 2.98. The van der Waals surface area contributed by atoms with E-state index < -0.39 is 0 Å². The van der Waals surface area contributed by atoms with Gasteiger partial charge in [0.1, 0.15) is 11.9 Å². The predicted molar refractivity (Wildman–Crippen MR) is 81.9 cm³/mol. The van der Waals surface area contributed by atoms with Gasteiger partial charge in [-0.1, -0.05) is 26.0 Å². The van der Waals surface area contributed by atoms with Crippen molar-refractivity contribution >= 4 is 5.91 Å². The van der Waals surface area contributed by atoms with E-state index in [9.17, 15) is 4.79 Å². The Balaban J connectivity index is 1.87. The number of benzene rings is 1. The molecule has 2 unspecified atom stereocenters. The van der Waals surface area contributed by atoms with Gasteiger partial charge in [-0.2, -0.15) is 0 Å². The highest BCUT2D eigenvalue weighted by Gasteiger charge is 2.43. The molecule has 2 fully saturated rings. The average molecular weight is 288 g/mol. The zero-order valence-corrected chi connectivity index (χ0v) is 13.0. The lowest BCUT2D eigenvalue weighted by Gasteiger charge is -2.24. The van der Waals surface area contributed by atoms with E-state index in [0.29, 0.717) is 11.8 Å². The standard InChI is InChI=1S/C17H24N2O2/c1-11(2)15-17(20)19(10-12-7-8-12)16(18-15)13-5-4-6-14(9-13)21-3/h4-6,9,11-12,15-16,18H,7-8,10H2,1-3H3. The van der Waals surface area contributed by atoms with Crippen molar-refractivity contribution in [2.24, 2.45) is 11.8 Å². The molecule has 4 heteroatoms. The summed E-state index contributed by atoms with van der Waals surface area (Å²) < 4.78 is 5.31. The van der Waals surface area contributed by atoms with E-state index in [1.807, 2.05) is 23.1 Å². The quantitative estimate of drug-likeness (QED) is 0.905. The number of methoxy groups -OCH3 is 1. The first-order valence-corrected chi connectivity index (χ1v) is 7.80. The summed E-state index contributed by atoms with van der Waals surface area (Å²) in [4.78, 5) is 14.7. The number of ether oxygens (including phenoxy) is 1. The summed E-state index contributed by atoms with van der Waals surface area (Å²) in [7, 11) is 1.67. The SMILES string of the molecule is COc1cccc(C2NC(C(C)C)C(=O)N2CC2CC2)c1. The van der Waals surface area contributed by atoms with Crippen LogP contribution in [-0.4, -0.2) is 30.5 Å². The van der Waals surface area contributed by atoms with Crippen LogP contribution in [0.15, 0.2) is 24.3 Å². The minimum Gasteiger partial charge on any atom is -0.497 e. The highest BCUT2D eigenvalue weighted by molar-refractivity contribution is 5.85. The maximum absolute atomic E-state index is 12.7. The smallest absolute Gasteiger partial charge is 0.241 e. The Kier molecular flexibility index (Phi) is 3.89. The van der Waals surface area contributed by atoms with E-state index in [1.165, 1.54) is 12.8 Å². The van der Waals surface area contributed by atoms with Gasteiger partial charge in [0.2, 0.25) is 5.91 Å². The van der Waals surface area contributed by atoms with Crippen LogP contribution >= 0.6 is 0 Å². The molecule has 2 aliphatic rings. The van der Waals surface area contributed by atoms with Crippen LogP contribution in [-0.2, 0) is 4.79 Å². The number of carbonyl (C=O) groups excluding carboxylic acids is 1. The predicted octanol–water partition coefficient (Wildman–Crippen LogP) is 2.56. The monoisotopic (exact) mass is 288 g/mol. The number of hydrogen-bond donors (Lipinski definition) is 1. The molecule has 21 heavy (non-hydrogen) atoms. The summed E-state index contributed by atoms with van der Waals surface area (Å²) in [5.41, 5.74) is 1.10. The lowest BCUT2D eigenvalue weighted by atomic mass is 10.0. The first kappa shape index (κ1) is 14.4. The van der Waals surface area contributed by atoms with E-state index in [4.69, 9.17) is 4.74 Å². The Bertz CT molecular complexity index is 525. The molecular formula is C17H24N2O2. The van der Waals surface area contributed by atoms with Crippen molar-refractivity contribution in [2.75, 3.05) is 13.7 Å². The third-order valence-electron chi connectivity index (χ3n) is 4.43. The molecule has 114 valence electrons. The van der Waals surface area contributed by atoms with Crippen molar-refractivity contribution in [1.29, 1.82) is 0 Å². The molecule has 1 saturated heterocycles. The molecule has 3 rings (SSSR count). The topological polar surface area (TPSA) is 41.6 Å². The summed E-state index contributed by atoms with van der Waals surface area (Å²) in [5.74, 6) is 2.07. The van der Waals surface area contributed by atoms with Gasteiger partial charge in [0.15, 0.2) is 0 Å². The van der Waals surface area contributed by atoms with Crippen molar-refractivity contribution in [3.8, 4) is 5.75 Å². The number of nitrogens with zero attached hydrogens (tertiary/aromatic N) is 1. The molecule has 0 bridgehead atoms. The minimum absolute atomic E-state index is 0.0272. The average Bonchev–Trinajstić information content (AvgIpc) is 3.23. The van der Waals surface area contributed by atoms with Gasteiger partial charge >= 0.3 is 0 Å². The second kappa shape index (κ2) is 5.68. The van der Waals surface area contributed by atoms with E-state index in [0.717, 1.165) is 17.9 Å². The van der Waals surface area contributed by atoms with Crippen molar-refractivity contribution in [3.63, 3.8) is 0 Å². The first-order chi connectivity index (χ1) is 10.1. The van der Waals surface area contributed by atoms with E-state index >= 15 is 0 Å². The Morgan fingerprint density at radius 2 is 2.14 bits per heavy atom. The van der Waals surface area contributed by atoms with Crippen LogP contribution in [0.3, 0.4) is 0 Å². The van der Waals surface area contributed by atoms with Gasteiger partial charge in [-0.05, 0) is 42.4 Å². The van der Waals surface area contributed by atoms with Gasteiger partial charge in [0.25, 0.3) is 0 Å². The molecule has 0 radical (unpaired) electrons. The molecule has 1 heterocycles. The Labute approximate surface area is 126 Å². The maximum Gasteiger partial charge on any atom is 0.241 e. The molecule has 4 nitrogen and oxygen atoms in total. The van der Waals surface area contributed by atoms with Crippen LogP contribution in [0.25, 0.3) is 0 Å². The molecule has 1 amide bonds. The van der Waals surface area contributed by atoms with Crippen molar-refractivity contribution in [1.82, 2.24) is 10.2 Å². The third-order valence-corrected chi connectivity index (χ3v) is 4.43. The van der Waals surface area contributed by atoms with Gasteiger partial charge in [-0.3, -0.25) is 10.1 Å². The van der Waals surface area contributed by atoms with Crippen LogP contribution in [0.5, 0.6) is 5.75 Å². The van der Waals surface area contributed by atoms with Gasteiger partial charge in [0.05, 0.1) is 13.2 Å². The van der Waals surface area contributed by atoms with Gasteiger partial charge < -0.3 is 9.64 Å². The van der Waals surface area contributed by atoms with Gasteiger partial charge in [0, 0.05) is 6.54 Å². The molecule has 1 aromatic carbocycles. The molecular weight excluding hydrogens is 264 g/mol. The van der Waals surface area contributed by atoms with E-state index in [-0.39, 0.29) is 18.1 Å². The van der Waals surface area contributed by atoms with Crippen LogP contribution in [0.2, 0.25) is 0 Å². The van der Waals surface area contributed by atoms with E-state index in [1.54, 1.807) is 7.11 Å². The number of nitrogens with one attached hydrogen (secondary N) is 1. The molecule has 0 aromatic heterocycles. The van der Waals surface area contributed by atoms with Crippen molar-refractivity contribution in [2.45, 2.75) is 38.9 Å². The normalized spacial score (nSPS) is 25.7. The van der Waals surface area contributed by atoms with Crippen LogP contribution in [0.1, 0.15) is 38.4 Å². The number of amides is 1. The molecule has 1 saturated carbocycles. The summed E-state index contributed by atoms with van der Waals surface area (Å²) in [5, 5.41) is 3.51. The van der Waals surface area contributed by atoms with E-state index in [2.05, 4.69) is 25.2 Å². The molecule has 1 aliphatic carbocycles. The Morgan fingerprint density at radius 3 is 2.76 bits per heavy atom. The summed E-state index contributed by atoms with van der Waals surface area (Å²) in [6.45, 7) is 5.06. The van der Waals surface area contributed by atoms with Gasteiger partial charge in [-0.25, -0.2) is 0 Å². The zero-order valence-electron chi connectivity index (χ0n) is 13.0. The summed E-state index contributed by atoms with van der Waals surface area (Å²) in [6, 6.07) is 7.92. The lowest BCUT2D eigenvalue weighted by Crippen LogP contribution is -2.35. The molecule has 1 aromatic rings. The third kappa shape index (κ3) is 2.91. The molecule has 2 atom stereocenters. The van der Waals surface area contributed by atoms with Crippen LogP contribution in [0, 0.1) is 11.8 Å². The second-order valence-corrected chi connectivity index (χ2v) is 6.50. The van der Waals surface area contributed by atoms with Crippen molar-refractivity contribution in [3.05, 3.63) is 29.8 Å². The number of hydrogen-bond acceptors (Lipinski definition) is 3. The molecule has 1 aliphatic heterocycles. The molecule has 1 N–H and O–H groups in total. The summed E-state index contributed by atoms with van der Waals surface area (Å²) >= 11 is 0. The lowest BCUT2D eigenvalue weighted by molar-refractivity contribution is -0.131. The second-order valence-electron chi connectivity index (χ2n) is 6.50.